The van der Waals surface area contributed by atoms with E-state index in [1.165, 1.54) is 5.56 Å². The summed E-state index contributed by atoms with van der Waals surface area (Å²) in [5, 5.41) is 3.09. The molecule has 30 heavy (non-hydrogen) atoms. The molecular formula is C23H33N5O2. The van der Waals surface area contributed by atoms with Crippen LogP contribution < -0.4 is 11.1 Å². The second-order valence-electron chi connectivity index (χ2n) is 8.06. The average Bonchev–Trinajstić information content (AvgIpc) is 2.70. The first-order valence-electron chi connectivity index (χ1n) is 10.3. The maximum absolute atomic E-state index is 12.6. The number of pyridine rings is 1. The van der Waals surface area contributed by atoms with E-state index in [4.69, 9.17) is 10.5 Å². The fourth-order valence-electron chi connectivity index (χ4n) is 2.75. The van der Waals surface area contributed by atoms with Gasteiger partial charge < -0.3 is 20.7 Å². The van der Waals surface area contributed by atoms with Crippen molar-refractivity contribution < 1.29 is 9.53 Å². The third-order valence-electron chi connectivity index (χ3n) is 4.25. The van der Waals surface area contributed by atoms with E-state index >= 15 is 0 Å². The van der Waals surface area contributed by atoms with Crippen molar-refractivity contribution in [3.05, 3.63) is 59.9 Å². The summed E-state index contributed by atoms with van der Waals surface area (Å²) in [6.45, 7) is 9.13. The van der Waals surface area contributed by atoms with Crippen LogP contribution in [0.2, 0.25) is 0 Å². The van der Waals surface area contributed by atoms with Crippen LogP contribution in [0.4, 0.5) is 10.5 Å². The zero-order valence-electron chi connectivity index (χ0n) is 18.4. The molecule has 0 fully saturated rings. The van der Waals surface area contributed by atoms with Crippen LogP contribution in [0.25, 0.3) is 0 Å². The van der Waals surface area contributed by atoms with Gasteiger partial charge in [0.15, 0.2) is 5.96 Å². The maximum atomic E-state index is 12.6. The maximum Gasteiger partial charge on any atom is 0.410 e. The first-order chi connectivity index (χ1) is 14.3. The predicted molar refractivity (Wildman–Crippen MR) is 121 cm³/mol. The SMILES string of the molecule is CCc1ccc(NC(N)=NCCCN(Cc2cccnc2)C(=O)OC(C)(C)C)cc1. The lowest BCUT2D eigenvalue weighted by Crippen LogP contribution is -2.37. The summed E-state index contributed by atoms with van der Waals surface area (Å²) in [4.78, 5) is 22.8. The normalized spacial score (nSPS) is 11.8. The number of rotatable bonds is 8. The van der Waals surface area contributed by atoms with Crippen LogP contribution in [0, 0.1) is 0 Å². The van der Waals surface area contributed by atoms with Crippen molar-refractivity contribution in [1.29, 1.82) is 0 Å². The smallest absolute Gasteiger partial charge is 0.410 e. The fraction of sp³-hybridized carbons (Fsp3) is 0.435. The first kappa shape index (κ1) is 23.2. The van der Waals surface area contributed by atoms with Crippen LogP contribution in [0.15, 0.2) is 53.8 Å². The molecule has 0 radical (unpaired) electrons. The third-order valence-corrected chi connectivity index (χ3v) is 4.25. The lowest BCUT2D eigenvalue weighted by molar-refractivity contribution is 0.0232. The average molecular weight is 412 g/mol. The van der Waals surface area contributed by atoms with E-state index in [0.717, 1.165) is 17.7 Å². The summed E-state index contributed by atoms with van der Waals surface area (Å²) in [6.07, 6.45) is 4.77. The van der Waals surface area contributed by atoms with Gasteiger partial charge in [0.05, 0.1) is 6.54 Å². The van der Waals surface area contributed by atoms with Gasteiger partial charge in [0.25, 0.3) is 0 Å². The molecule has 0 atom stereocenters. The van der Waals surface area contributed by atoms with Crippen molar-refractivity contribution in [2.24, 2.45) is 10.7 Å². The number of carbonyl (C=O) groups excluding carboxylic acids is 1. The Hall–Kier alpha value is -3.09. The minimum absolute atomic E-state index is 0.350. The number of amides is 1. The van der Waals surface area contributed by atoms with Crippen LogP contribution in [0.1, 0.15) is 45.2 Å². The largest absolute Gasteiger partial charge is 0.444 e. The standard InChI is InChI=1S/C23H33N5O2/c1-5-18-9-11-20(12-10-18)27-21(24)26-14-7-15-28(22(29)30-23(2,3)4)17-19-8-6-13-25-16-19/h6,8-13,16H,5,7,14-15,17H2,1-4H3,(H3,24,26,27). The number of nitrogens with two attached hydrogens (primary N) is 1. The molecule has 162 valence electrons. The summed E-state index contributed by atoms with van der Waals surface area (Å²) in [6, 6.07) is 11.9. The Balaban J connectivity index is 1.89. The fourth-order valence-corrected chi connectivity index (χ4v) is 2.75. The molecular weight excluding hydrogens is 378 g/mol. The summed E-state index contributed by atoms with van der Waals surface area (Å²) in [5.74, 6) is 0.357. The van der Waals surface area contributed by atoms with E-state index < -0.39 is 5.60 Å². The van der Waals surface area contributed by atoms with Crippen LogP contribution in [0.5, 0.6) is 0 Å². The first-order valence-corrected chi connectivity index (χ1v) is 10.3. The Morgan fingerprint density at radius 2 is 1.93 bits per heavy atom. The number of aryl methyl sites for hydroxylation is 1. The Kier molecular flexibility index (Phi) is 8.65. The van der Waals surface area contributed by atoms with Crippen molar-refractivity contribution in [3.8, 4) is 0 Å². The molecule has 1 heterocycles. The lowest BCUT2D eigenvalue weighted by Gasteiger charge is -2.27. The van der Waals surface area contributed by atoms with E-state index in [2.05, 4.69) is 34.3 Å². The van der Waals surface area contributed by atoms with Gasteiger partial charge in [-0.1, -0.05) is 25.1 Å². The van der Waals surface area contributed by atoms with Gasteiger partial charge in [0.2, 0.25) is 0 Å². The number of nitrogens with zero attached hydrogens (tertiary/aromatic N) is 3. The van der Waals surface area contributed by atoms with Crippen LogP contribution in [0.3, 0.4) is 0 Å². The van der Waals surface area contributed by atoms with Crippen molar-refractivity contribution in [1.82, 2.24) is 9.88 Å². The molecule has 0 bridgehead atoms. The third kappa shape index (κ3) is 8.51. The molecule has 2 aromatic rings. The number of hydrogen-bond acceptors (Lipinski definition) is 4. The number of hydrogen-bond donors (Lipinski definition) is 2. The number of guanidine groups is 1. The van der Waals surface area contributed by atoms with Gasteiger partial charge in [-0.05, 0) is 62.9 Å². The number of aliphatic imine (C=N–C) groups is 1. The number of carbonyl (C=O) groups is 1. The van der Waals surface area contributed by atoms with Crippen LogP contribution in [-0.2, 0) is 17.7 Å². The second kappa shape index (κ2) is 11.2. The van der Waals surface area contributed by atoms with E-state index in [9.17, 15) is 4.79 Å². The molecule has 3 N–H and O–H groups in total. The number of benzene rings is 1. The predicted octanol–water partition coefficient (Wildman–Crippen LogP) is 4.20. The second-order valence-corrected chi connectivity index (χ2v) is 8.06. The van der Waals surface area contributed by atoms with Gasteiger partial charge in [-0.15, -0.1) is 0 Å². The van der Waals surface area contributed by atoms with E-state index in [1.807, 2.05) is 45.0 Å². The van der Waals surface area contributed by atoms with Gasteiger partial charge >= 0.3 is 6.09 Å². The Morgan fingerprint density at radius 3 is 2.53 bits per heavy atom. The van der Waals surface area contributed by atoms with Gasteiger partial charge in [0, 0.05) is 31.2 Å². The molecule has 1 aromatic carbocycles. The van der Waals surface area contributed by atoms with Crippen molar-refractivity contribution in [3.63, 3.8) is 0 Å². The van der Waals surface area contributed by atoms with E-state index in [-0.39, 0.29) is 6.09 Å². The Labute approximate surface area is 179 Å². The minimum atomic E-state index is -0.551. The summed E-state index contributed by atoms with van der Waals surface area (Å²) in [5.41, 5.74) is 8.55. The highest BCUT2D eigenvalue weighted by atomic mass is 16.6. The lowest BCUT2D eigenvalue weighted by atomic mass is 10.1. The van der Waals surface area contributed by atoms with Gasteiger partial charge in [-0.25, -0.2) is 4.79 Å². The molecule has 0 saturated heterocycles. The summed E-state index contributed by atoms with van der Waals surface area (Å²) < 4.78 is 5.54. The topological polar surface area (TPSA) is 92.8 Å². The Bertz CT molecular complexity index is 814. The van der Waals surface area contributed by atoms with Gasteiger partial charge in [-0.3, -0.25) is 9.98 Å². The highest BCUT2D eigenvalue weighted by Gasteiger charge is 2.22. The van der Waals surface area contributed by atoms with Crippen LogP contribution in [-0.4, -0.2) is 40.6 Å². The van der Waals surface area contributed by atoms with Crippen molar-refractivity contribution >= 4 is 17.7 Å². The molecule has 2 rings (SSSR count). The van der Waals surface area contributed by atoms with Gasteiger partial charge in [-0.2, -0.15) is 0 Å². The monoisotopic (exact) mass is 411 g/mol. The number of aromatic nitrogens is 1. The summed E-state index contributed by atoms with van der Waals surface area (Å²) >= 11 is 0. The quantitative estimate of drug-likeness (QED) is 0.386. The Morgan fingerprint density at radius 1 is 1.20 bits per heavy atom. The van der Waals surface area contributed by atoms with Crippen LogP contribution >= 0.6 is 0 Å². The zero-order valence-corrected chi connectivity index (χ0v) is 18.4. The number of nitrogens with one attached hydrogen (secondary N) is 1. The molecule has 7 heteroatoms. The van der Waals surface area contributed by atoms with Crippen molar-refractivity contribution in [2.45, 2.75) is 52.7 Å². The molecule has 1 aromatic heterocycles. The molecule has 0 saturated carbocycles. The molecule has 0 unspecified atom stereocenters. The molecule has 0 aliphatic carbocycles. The number of ether oxygens (including phenoxy) is 1. The van der Waals surface area contributed by atoms with Crippen molar-refractivity contribution in [2.75, 3.05) is 18.4 Å². The minimum Gasteiger partial charge on any atom is -0.444 e. The van der Waals surface area contributed by atoms with E-state index in [0.29, 0.717) is 32.0 Å². The molecule has 0 spiro atoms. The highest BCUT2D eigenvalue weighted by Crippen LogP contribution is 2.13. The molecule has 0 aliphatic rings. The summed E-state index contributed by atoms with van der Waals surface area (Å²) in [7, 11) is 0. The molecule has 1 amide bonds. The molecule has 0 aliphatic heterocycles. The molecule has 7 nitrogen and oxygen atoms in total. The van der Waals surface area contributed by atoms with E-state index in [1.54, 1.807) is 17.3 Å². The highest BCUT2D eigenvalue weighted by molar-refractivity contribution is 5.92. The zero-order chi connectivity index (χ0) is 22.0. The number of anilines is 1. The van der Waals surface area contributed by atoms with Gasteiger partial charge in [0.1, 0.15) is 5.60 Å².